The lowest BCUT2D eigenvalue weighted by Crippen LogP contribution is -2.46. The summed E-state index contributed by atoms with van der Waals surface area (Å²) in [5, 5.41) is 10.4. The number of hydrogen-bond acceptors (Lipinski definition) is 2. The Labute approximate surface area is 80.3 Å². The minimum absolute atomic E-state index is 0.0989. The molecule has 0 aromatic carbocycles. The van der Waals surface area contributed by atoms with Gasteiger partial charge in [0, 0.05) is 7.11 Å². The first-order valence-electron chi connectivity index (χ1n) is 5.50. The van der Waals surface area contributed by atoms with Gasteiger partial charge in [0.15, 0.2) is 0 Å². The normalized spacial score (nSPS) is 40.6. The minimum Gasteiger partial charge on any atom is -0.387 e. The van der Waals surface area contributed by atoms with Crippen molar-refractivity contribution in [3.05, 3.63) is 0 Å². The SMILES string of the molecule is COC1CCCCC1(O)CC1CC1. The first-order chi connectivity index (χ1) is 6.24. The van der Waals surface area contributed by atoms with Crippen LogP contribution in [-0.2, 0) is 4.74 Å². The van der Waals surface area contributed by atoms with Gasteiger partial charge in [-0.05, 0) is 25.2 Å². The average molecular weight is 184 g/mol. The molecule has 2 atom stereocenters. The van der Waals surface area contributed by atoms with Crippen LogP contribution in [0.1, 0.15) is 44.9 Å². The van der Waals surface area contributed by atoms with E-state index in [2.05, 4.69) is 0 Å². The number of rotatable bonds is 3. The molecule has 0 spiro atoms. The molecule has 76 valence electrons. The van der Waals surface area contributed by atoms with E-state index in [1.54, 1.807) is 7.11 Å². The zero-order chi connectivity index (χ0) is 9.31. The van der Waals surface area contributed by atoms with Crippen LogP contribution in [-0.4, -0.2) is 23.9 Å². The molecule has 2 aliphatic carbocycles. The van der Waals surface area contributed by atoms with Gasteiger partial charge in [0.2, 0.25) is 0 Å². The van der Waals surface area contributed by atoms with Gasteiger partial charge in [-0.3, -0.25) is 0 Å². The van der Waals surface area contributed by atoms with Gasteiger partial charge in [-0.1, -0.05) is 25.7 Å². The summed E-state index contributed by atoms with van der Waals surface area (Å²) in [6.45, 7) is 0. The molecule has 2 unspecified atom stereocenters. The molecule has 0 amide bonds. The number of ether oxygens (including phenoxy) is 1. The molecule has 0 heterocycles. The van der Waals surface area contributed by atoms with Gasteiger partial charge in [0.05, 0.1) is 11.7 Å². The Balaban J connectivity index is 1.96. The van der Waals surface area contributed by atoms with E-state index < -0.39 is 5.60 Å². The Kier molecular flexibility index (Phi) is 2.61. The average Bonchev–Trinajstić information content (AvgIpc) is 2.88. The van der Waals surface area contributed by atoms with E-state index in [-0.39, 0.29) is 6.10 Å². The fourth-order valence-electron chi connectivity index (χ4n) is 2.58. The molecule has 2 heteroatoms. The first-order valence-corrected chi connectivity index (χ1v) is 5.50. The Morgan fingerprint density at radius 1 is 1.31 bits per heavy atom. The Bertz CT molecular complexity index is 177. The molecule has 0 radical (unpaired) electrons. The van der Waals surface area contributed by atoms with E-state index in [0.717, 1.165) is 25.2 Å². The molecule has 0 saturated heterocycles. The van der Waals surface area contributed by atoms with Crippen LogP contribution >= 0.6 is 0 Å². The van der Waals surface area contributed by atoms with Crippen molar-refractivity contribution in [2.75, 3.05) is 7.11 Å². The van der Waals surface area contributed by atoms with E-state index in [1.165, 1.54) is 25.7 Å². The molecule has 0 aromatic rings. The van der Waals surface area contributed by atoms with Crippen LogP contribution in [0, 0.1) is 5.92 Å². The van der Waals surface area contributed by atoms with Crippen molar-refractivity contribution in [2.45, 2.75) is 56.7 Å². The third kappa shape index (κ3) is 2.05. The topological polar surface area (TPSA) is 29.5 Å². The highest BCUT2D eigenvalue weighted by Gasteiger charge is 2.42. The maximum atomic E-state index is 10.4. The summed E-state index contributed by atoms with van der Waals surface area (Å²) in [6.07, 6.45) is 8.08. The molecule has 2 saturated carbocycles. The van der Waals surface area contributed by atoms with Gasteiger partial charge >= 0.3 is 0 Å². The van der Waals surface area contributed by atoms with E-state index in [1.807, 2.05) is 0 Å². The summed E-state index contributed by atoms with van der Waals surface area (Å²) in [4.78, 5) is 0. The summed E-state index contributed by atoms with van der Waals surface area (Å²) in [6, 6.07) is 0. The largest absolute Gasteiger partial charge is 0.387 e. The molecule has 2 rings (SSSR count). The fraction of sp³-hybridized carbons (Fsp3) is 1.00. The van der Waals surface area contributed by atoms with Gasteiger partial charge in [-0.15, -0.1) is 0 Å². The van der Waals surface area contributed by atoms with Crippen molar-refractivity contribution >= 4 is 0 Å². The lowest BCUT2D eigenvalue weighted by molar-refractivity contribution is -0.123. The highest BCUT2D eigenvalue weighted by molar-refractivity contribution is 4.95. The van der Waals surface area contributed by atoms with Crippen molar-refractivity contribution in [1.29, 1.82) is 0 Å². The second-order valence-electron chi connectivity index (χ2n) is 4.72. The van der Waals surface area contributed by atoms with Crippen LogP contribution in [0.3, 0.4) is 0 Å². The summed E-state index contributed by atoms with van der Waals surface area (Å²) >= 11 is 0. The van der Waals surface area contributed by atoms with E-state index in [4.69, 9.17) is 4.74 Å². The predicted octanol–water partition coefficient (Wildman–Crippen LogP) is 2.11. The van der Waals surface area contributed by atoms with Gasteiger partial charge in [0.1, 0.15) is 0 Å². The zero-order valence-corrected chi connectivity index (χ0v) is 8.46. The predicted molar refractivity (Wildman–Crippen MR) is 51.6 cm³/mol. The Morgan fingerprint density at radius 3 is 2.69 bits per heavy atom. The molecule has 1 N–H and O–H groups in total. The third-order valence-electron chi connectivity index (χ3n) is 3.55. The quantitative estimate of drug-likeness (QED) is 0.728. The Morgan fingerprint density at radius 2 is 2.08 bits per heavy atom. The van der Waals surface area contributed by atoms with Crippen molar-refractivity contribution < 1.29 is 9.84 Å². The van der Waals surface area contributed by atoms with Crippen LogP contribution < -0.4 is 0 Å². The molecule has 0 bridgehead atoms. The first kappa shape index (κ1) is 9.47. The molecule has 2 aliphatic rings. The van der Waals surface area contributed by atoms with Crippen molar-refractivity contribution in [1.82, 2.24) is 0 Å². The third-order valence-corrected chi connectivity index (χ3v) is 3.55. The Hall–Kier alpha value is -0.0800. The van der Waals surface area contributed by atoms with Crippen LogP contribution in [0.2, 0.25) is 0 Å². The summed E-state index contributed by atoms with van der Waals surface area (Å²) in [5.74, 6) is 0.792. The van der Waals surface area contributed by atoms with Crippen molar-refractivity contribution in [3.63, 3.8) is 0 Å². The van der Waals surface area contributed by atoms with Gasteiger partial charge in [-0.25, -0.2) is 0 Å². The number of aliphatic hydroxyl groups is 1. The fourth-order valence-corrected chi connectivity index (χ4v) is 2.58. The van der Waals surface area contributed by atoms with Crippen LogP contribution in [0.5, 0.6) is 0 Å². The maximum absolute atomic E-state index is 10.4. The van der Waals surface area contributed by atoms with Crippen molar-refractivity contribution in [3.8, 4) is 0 Å². The second kappa shape index (κ2) is 3.58. The smallest absolute Gasteiger partial charge is 0.0910 e. The number of hydrogen-bond donors (Lipinski definition) is 1. The lowest BCUT2D eigenvalue weighted by atomic mass is 9.78. The van der Waals surface area contributed by atoms with E-state index >= 15 is 0 Å². The van der Waals surface area contributed by atoms with E-state index in [9.17, 15) is 5.11 Å². The van der Waals surface area contributed by atoms with E-state index in [0.29, 0.717) is 0 Å². The molecular formula is C11H20O2. The molecular weight excluding hydrogens is 164 g/mol. The van der Waals surface area contributed by atoms with Crippen LogP contribution in [0.15, 0.2) is 0 Å². The van der Waals surface area contributed by atoms with Crippen LogP contribution in [0.25, 0.3) is 0 Å². The molecule has 13 heavy (non-hydrogen) atoms. The second-order valence-corrected chi connectivity index (χ2v) is 4.72. The van der Waals surface area contributed by atoms with Crippen LogP contribution in [0.4, 0.5) is 0 Å². The monoisotopic (exact) mass is 184 g/mol. The van der Waals surface area contributed by atoms with Gasteiger partial charge in [0.25, 0.3) is 0 Å². The van der Waals surface area contributed by atoms with Gasteiger partial charge < -0.3 is 9.84 Å². The maximum Gasteiger partial charge on any atom is 0.0910 e. The minimum atomic E-state index is -0.492. The highest BCUT2D eigenvalue weighted by Crippen LogP contribution is 2.43. The molecule has 2 nitrogen and oxygen atoms in total. The lowest BCUT2D eigenvalue weighted by Gasteiger charge is -2.39. The summed E-state index contributed by atoms with van der Waals surface area (Å²) in [5.41, 5.74) is -0.492. The zero-order valence-electron chi connectivity index (χ0n) is 8.46. The summed E-state index contributed by atoms with van der Waals surface area (Å²) in [7, 11) is 1.73. The molecule has 0 aliphatic heterocycles. The standard InChI is InChI=1S/C11H20O2/c1-13-10-4-2-3-7-11(10,12)8-9-5-6-9/h9-10,12H,2-8H2,1H3. The van der Waals surface area contributed by atoms with Crippen molar-refractivity contribution in [2.24, 2.45) is 5.92 Å². The highest BCUT2D eigenvalue weighted by atomic mass is 16.5. The number of methoxy groups -OCH3 is 1. The summed E-state index contributed by atoms with van der Waals surface area (Å²) < 4.78 is 5.39. The molecule has 2 fully saturated rings. The van der Waals surface area contributed by atoms with Gasteiger partial charge in [-0.2, -0.15) is 0 Å². The molecule has 0 aromatic heterocycles.